The third-order valence-corrected chi connectivity index (χ3v) is 5.11. The van der Waals surface area contributed by atoms with E-state index in [1.54, 1.807) is 14.2 Å². The van der Waals surface area contributed by atoms with Crippen LogP contribution in [0.5, 0.6) is 11.5 Å². The zero-order valence-electron chi connectivity index (χ0n) is 16.0. The minimum Gasteiger partial charge on any atom is -0.496 e. The molecule has 2 aromatic rings. The van der Waals surface area contributed by atoms with Crippen LogP contribution in [0.1, 0.15) is 14.3 Å². The molecular weight excluding hydrogens is 375 g/mol. The molecule has 0 unspecified atom stereocenters. The lowest BCUT2D eigenvalue weighted by molar-refractivity contribution is 0.397. The Hall–Kier alpha value is -4.17. The van der Waals surface area contributed by atoms with Gasteiger partial charge in [0.1, 0.15) is 11.5 Å². The molecule has 0 bridgehead atoms. The molecule has 156 valence electrons. The molecule has 0 heterocycles. The van der Waals surface area contributed by atoms with Crippen molar-refractivity contribution in [1.29, 1.82) is 0 Å². The highest BCUT2D eigenvalue weighted by Crippen LogP contribution is 2.42. The second-order valence-electron chi connectivity index (χ2n) is 5.15. The Labute approximate surface area is 188 Å². The average molecular weight is 411 g/mol. The van der Waals surface area contributed by atoms with E-state index in [2.05, 4.69) is 58.7 Å². The number of ether oxygens (including phenoxy) is 2. The van der Waals surface area contributed by atoms with E-state index >= 15 is 0 Å². The summed E-state index contributed by atoms with van der Waals surface area (Å²) in [7, 11) is 1.99. The topological polar surface area (TPSA) is 18.5 Å². The predicted octanol–water partition coefficient (Wildman–Crippen LogP) is 6.13. The van der Waals surface area contributed by atoms with Crippen molar-refractivity contribution >= 4 is 13.2 Å². The molecule has 29 heavy (non-hydrogen) atoms. The molecule has 0 amide bonds. The Morgan fingerprint density at radius 2 is 1.28 bits per heavy atom. The molecule has 2 nitrogen and oxygen atoms in total. The third kappa shape index (κ3) is 5.65. The lowest BCUT2D eigenvalue weighted by Crippen LogP contribution is -2.05. The van der Waals surface area contributed by atoms with E-state index in [1.165, 1.54) is 0 Å². The van der Waals surface area contributed by atoms with Crippen molar-refractivity contribution in [3.63, 3.8) is 0 Å². The maximum absolute atomic E-state index is 5.57. The maximum atomic E-state index is 5.57. The number of benzene rings is 2. The third-order valence-electron chi connectivity index (χ3n) is 3.57. The lowest BCUT2D eigenvalue weighted by atomic mass is 10.0. The minimum absolute atomic E-state index is 0. The maximum Gasteiger partial charge on any atom is 0.130 e. The van der Waals surface area contributed by atoms with Crippen molar-refractivity contribution in [2.24, 2.45) is 0 Å². The van der Waals surface area contributed by atoms with Crippen LogP contribution in [0.2, 0.25) is 0 Å². The fraction of sp³-hybridized carbons (Fsp3) is 0.0769. The van der Waals surface area contributed by atoms with Crippen molar-refractivity contribution in [3.05, 3.63) is 42.5 Å². The molecule has 0 radical (unpaired) electrons. The van der Waals surface area contributed by atoms with Crippen molar-refractivity contribution in [3.8, 4) is 94.2 Å². The van der Waals surface area contributed by atoms with Gasteiger partial charge in [0.25, 0.3) is 0 Å². The van der Waals surface area contributed by atoms with Crippen LogP contribution >= 0.6 is 7.92 Å². The van der Waals surface area contributed by atoms with Crippen molar-refractivity contribution < 1.29 is 23.7 Å². The molecule has 0 aromatic heterocycles. The van der Waals surface area contributed by atoms with Gasteiger partial charge in [-0.3, -0.25) is 0 Å². The van der Waals surface area contributed by atoms with E-state index in [4.69, 9.17) is 22.3 Å². The zero-order valence-corrected chi connectivity index (χ0v) is 16.9. The van der Waals surface area contributed by atoms with Gasteiger partial charge in [-0.25, -0.2) is 0 Å². The Morgan fingerprint density at radius 3 is 1.79 bits per heavy atom. The van der Waals surface area contributed by atoms with Gasteiger partial charge in [0.15, 0.2) is 0 Å². The summed E-state index contributed by atoms with van der Waals surface area (Å²) in [5, 5.41) is 0.926. The molecule has 0 fully saturated rings. The molecule has 2 aromatic carbocycles. The predicted molar refractivity (Wildman–Crippen MR) is 141 cm³/mol. The van der Waals surface area contributed by atoms with Gasteiger partial charge in [-0.2, -0.15) is 0 Å². The fourth-order valence-electron chi connectivity index (χ4n) is 2.45. The number of hydrogen-bond donors (Lipinski definition) is 0. The summed E-state index contributed by atoms with van der Waals surface area (Å²) in [6, 6.07) is 13.5. The summed E-state index contributed by atoms with van der Waals surface area (Å²) >= 11 is 0. The lowest BCUT2D eigenvalue weighted by Gasteiger charge is -2.17. The molecule has 0 saturated heterocycles. The van der Waals surface area contributed by atoms with Gasteiger partial charge in [-0.1, -0.05) is 30.3 Å². The summed E-state index contributed by atoms with van der Waals surface area (Å²) in [5.74, 6) is 21.6. The van der Waals surface area contributed by atoms with Gasteiger partial charge in [-0.15, -0.1) is 12.8 Å². The van der Waals surface area contributed by atoms with E-state index in [0.717, 1.165) is 16.4 Å². The van der Waals surface area contributed by atoms with Crippen molar-refractivity contribution in [2.45, 2.75) is 0 Å². The molecule has 0 aliphatic carbocycles. The highest BCUT2D eigenvalue weighted by molar-refractivity contribution is 7.75. The molecule has 0 aliphatic rings. The minimum atomic E-state index is -1.24. The fourth-order valence-corrected chi connectivity index (χ4v) is 3.74. The van der Waals surface area contributed by atoms with E-state index in [1.807, 2.05) is 42.5 Å². The van der Waals surface area contributed by atoms with Crippen LogP contribution in [0.4, 0.5) is 0 Å². The SMILES string of the molecule is C#CC#CC#CP(C#CC#CC#C)c1ccccc1-c1c(OC)cccc1OC.[HH].[HH].[HH].[HH].[HH].[HH].[HH].[HH].[HH].[HH]. The number of methoxy groups -OCH3 is 2. The Kier molecular flexibility index (Phi) is 8.40. The standard InChI is InChI=1S/C26H15O2P.10H2/c1-5-7-9-13-20-29(21-14-10-8-6-2)25-19-12-11-16-22(25)26-23(27-3)17-15-18-24(26)28-4;;;;;;;;;;/h1-2,11-12,15-19H,3-4H3;10*1H. The first-order chi connectivity index (χ1) is 14.3. The van der Waals surface area contributed by atoms with E-state index in [0.29, 0.717) is 11.5 Å². The van der Waals surface area contributed by atoms with E-state index in [9.17, 15) is 0 Å². The van der Waals surface area contributed by atoms with Gasteiger partial charge in [0.2, 0.25) is 0 Å². The molecule has 0 aliphatic heterocycles. The van der Waals surface area contributed by atoms with Gasteiger partial charge < -0.3 is 9.47 Å². The van der Waals surface area contributed by atoms with Crippen LogP contribution in [0.25, 0.3) is 11.1 Å². The van der Waals surface area contributed by atoms with Crippen LogP contribution < -0.4 is 14.8 Å². The quantitative estimate of drug-likeness (QED) is 0.446. The average Bonchev–Trinajstić information content (AvgIpc) is 2.77. The molecule has 0 N–H and O–H groups in total. The van der Waals surface area contributed by atoms with Crippen LogP contribution in [0.3, 0.4) is 0 Å². The number of hydrogen-bond acceptors (Lipinski definition) is 2. The number of rotatable bonds is 4. The Balaban J connectivity index is -0.000000129. The first kappa shape index (κ1) is 21.1. The summed E-state index contributed by atoms with van der Waals surface area (Å²) in [6.45, 7) is 0. The molecule has 2 rings (SSSR count). The molecular formula is C26H35O2P. The highest BCUT2D eigenvalue weighted by Gasteiger charge is 2.19. The zero-order chi connectivity index (χ0) is 20.9. The second-order valence-corrected chi connectivity index (χ2v) is 6.75. The highest BCUT2D eigenvalue weighted by atomic mass is 31.1. The molecule has 0 saturated carbocycles. The van der Waals surface area contributed by atoms with Crippen LogP contribution in [-0.4, -0.2) is 14.2 Å². The summed E-state index contributed by atoms with van der Waals surface area (Å²) in [6.07, 6.45) is 10.3. The second kappa shape index (κ2) is 11.5. The molecule has 0 spiro atoms. The Bertz CT molecular complexity index is 1190. The normalized spacial score (nSPS) is 8.17. The first-order valence-corrected chi connectivity index (χ1v) is 9.64. The van der Waals surface area contributed by atoms with Crippen molar-refractivity contribution in [1.82, 2.24) is 0 Å². The summed E-state index contributed by atoms with van der Waals surface area (Å²) in [5.41, 5.74) is 7.94. The van der Waals surface area contributed by atoms with Crippen LogP contribution in [0, 0.1) is 71.5 Å². The smallest absolute Gasteiger partial charge is 0.130 e. The summed E-state index contributed by atoms with van der Waals surface area (Å²) in [4.78, 5) is 0. The van der Waals surface area contributed by atoms with Gasteiger partial charge in [0.05, 0.1) is 27.7 Å². The van der Waals surface area contributed by atoms with E-state index in [-0.39, 0.29) is 14.3 Å². The van der Waals surface area contributed by atoms with Gasteiger partial charge in [0, 0.05) is 19.6 Å². The van der Waals surface area contributed by atoms with Crippen LogP contribution in [0.15, 0.2) is 42.5 Å². The van der Waals surface area contributed by atoms with Crippen molar-refractivity contribution in [2.75, 3.05) is 14.2 Å². The summed E-state index contributed by atoms with van der Waals surface area (Å²) < 4.78 is 11.1. The molecule has 0 atom stereocenters. The number of terminal acetylenes is 2. The monoisotopic (exact) mass is 410 g/mol. The first-order valence-electron chi connectivity index (χ1n) is 8.29. The molecule has 3 heteroatoms. The largest absolute Gasteiger partial charge is 0.496 e. The van der Waals surface area contributed by atoms with Crippen LogP contribution in [-0.2, 0) is 0 Å². The van der Waals surface area contributed by atoms with Gasteiger partial charge in [-0.05, 0) is 76.4 Å². The Morgan fingerprint density at radius 1 is 0.724 bits per heavy atom. The van der Waals surface area contributed by atoms with E-state index < -0.39 is 7.92 Å². The van der Waals surface area contributed by atoms with Gasteiger partial charge >= 0.3 is 0 Å².